The lowest BCUT2D eigenvalue weighted by Crippen LogP contribution is -2.15. The lowest BCUT2D eigenvalue weighted by atomic mass is 9.95. The van der Waals surface area contributed by atoms with E-state index in [0.29, 0.717) is 17.1 Å². The van der Waals surface area contributed by atoms with Crippen molar-refractivity contribution in [1.29, 1.82) is 0 Å². The average molecular weight is 258 g/mol. The van der Waals surface area contributed by atoms with E-state index in [9.17, 15) is 9.18 Å². The molecule has 1 atom stereocenters. The number of benzene rings is 1. The Bertz CT molecular complexity index is 395. The number of Topliss-reactive ketones (excluding diaryl/α,β-unsaturated/α-hetero) is 1. The van der Waals surface area contributed by atoms with Gasteiger partial charge in [-0.15, -0.1) is 0 Å². The molecule has 0 fully saturated rings. The first-order valence-corrected chi connectivity index (χ1v) is 6.09. The molecule has 2 nitrogen and oxygen atoms in total. The summed E-state index contributed by atoms with van der Waals surface area (Å²) >= 11 is 5.65. The molecule has 1 aromatic rings. The molecule has 1 unspecified atom stereocenters. The molecular weight excluding hydrogens is 241 g/mol. The van der Waals surface area contributed by atoms with Crippen LogP contribution in [0.5, 0.6) is 0 Å². The van der Waals surface area contributed by atoms with Crippen molar-refractivity contribution in [2.45, 2.75) is 26.2 Å². The number of carbonyl (C=O) groups excluding carboxylic acids is 1. The quantitative estimate of drug-likeness (QED) is 0.851. The Morgan fingerprint density at radius 3 is 2.82 bits per heavy atom. The van der Waals surface area contributed by atoms with Gasteiger partial charge in [0.25, 0.3) is 0 Å². The molecule has 94 valence electrons. The Hall–Kier alpha value is -0.930. The highest BCUT2D eigenvalue weighted by atomic mass is 35.5. The maximum atomic E-state index is 13.5. The zero-order valence-corrected chi connectivity index (χ0v) is 10.6. The van der Waals surface area contributed by atoms with Crippen LogP contribution in [0.15, 0.2) is 18.2 Å². The second kappa shape index (κ2) is 6.72. The summed E-state index contributed by atoms with van der Waals surface area (Å²) in [6.45, 7) is 2.43. The minimum atomic E-state index is -0.420. The Balaban J connectivity index is 2.61. The van der Waals surface area contributed by atoms with E-state index in [4.69, 9.17) is 17.3 Å². The zero-order chi connectivity index (χ0) is 12.8. The molecule has 0 aliphatic carbocycles. The number of hydrogen-bond donors (Lipinski definition) is 1. The highest BCUT2D eigenvalue weighted by molar-refractivity contribution is 6.30. The van der Waals surface area contributed by atoms with Gasteiger partial charge in [-0.2, -0.15) is 0 Å². The van der Waals surface area contributed by atoms with E-state index in [1.165, 1.54) is 6.07 Å². The van der Waals surface area contributed by atoms with Crippen molar-refractivity contribution in [2.24, 2.45) is 11.7 Å². The van der Waals surface area contributed by atoms with Crippen molar-refractivity contribution in [3.8, 4) is 0 Å². The van der Waals surface area contributed by atoms with E-state index < -0.39 is 5.82 Å². The largest absolute Gasteiger partial charge is 0.330 e. The fraction of sp³-hybridized carbons (Fsp3) is 0.462. The highest BCUT2D eigenvalue weighted by Gasteiger charge is 2.15. The van der Waals surface area contributed by atoms with E-state index in [2.05, 4.69) is 0 Å². The Labute approximate surface area is 106 Å². The summed E-state index contributed by atoms with van der Waals surface area (Å²) in [6.07, 6.45) is 1.69. The molecule has 0 heterocycles. The summed E-state index contributed by atoms with van der Waals surface area (Å²) in [7, 11) is 0. The molecule has 0 amide bonds. The molecule has 0 aliphatic rings. The van der Waals surface area contributed by atoms with Crippen LogP contribution in [0.3, 0.4) is 0 Å². The SMILES string of the molecule is CC(CCCN)C(=O)Cc1ccc(Cl)cc1F. The maximum absolute atomic E-state index is 13.5. The molecule has 0 aliphatic heterocycles. The van der Waals surface area contributed by atoms with Gasteiger partial charge in [-0.1, -0.05) is 24.6 Å². The summed E-state index contributed by atoms with van der Waals surface area (Å²) in [5.41, 5.74) is 5.79. The van der Waals surface area contributed by atoms with Crippen LogP contribution in [0.2, 0.25) is 5.02 Å². The molecule has 0 spiro atoms. The van der Waals surface area contributed by atoms with Crippen LogP contribution >= 0.6 is 11.6 Å². The Morgan fingerprint density at radius 1 is 1.53 bits per heavy atom. The first-order valence-electron chi connectivity index (χ1n) is 5.71. The number of hydrogen-bond acceptors (Lipinski definition) is 2. The monoisotopic (exact) mass is 257 g/mol. The van der Waals surface area contributed by atoms with Crippen molar-refractivity contribution in [3.63, 3.8) is 0 Å². The topological polar surface area (TPSA) is 43.1 Å². The standard InChI is InChI=1S/C13H17ClFNO/c1-9(3-2-6-16)13(17)7-10-4-5-11(14)8-12(10)15/h4-5,8-9H,2-3,6-7,16H2,1H3. The molecule has 17 heavy (non-hydrogen) atoms. The predicted octanol–water partition coefficient (Wildman–Crippen LogP) is 2.97. The molecule has 1 aromatic carbocycles. The molecule has 1 rings (SSSR count). The van der Waals surface area contributed by atoms with Gasteiger partial charge in [-0.05, 0) is 37.1 Å². The second-order valence-electron chi connectivity index (χ2n) is 4.21. The number of halogens is 2. The van der Waals surface area contributed by atoms with Gasteiger partial charge in [0.05, 0.1) is 0 Å². The van der Waals surface area contributed by atoms with Gasteiger partial charge in [0.1, 0.15) is 11.6 Å². The minimum Gasteiger partial charge on any atom is -0.330 e. The smallest absolute Gasteiger partial charge is 0.140 e. The summed E-state index contributed by atoms with van der Waals surface area (Å²) in [6, 6.07) is 4.39. The first-order chi connectivity index (χ1) is 8.04. The molecule has 0 saturated carbocycles. The van der Waals surface area contributed by atoms with Crippen molar-refractivity contribution in [3.05, 3.63) is 34.6 Å². The lowest BCUT2D eigenvalue weighted by molar-refractivity contribution is -0.121. The minimum absolute atomic E-state index is 0.0414. The first kappa shape index (κ1) is 14.1. The lowest BCUT2D eigenvalue weighted by Gasteiger charge is -2.10. The number of rotatable bonds is 6. The van der Waals surface area contributed by atoms with E-state index in [-0.39, 0.29) is 18.1 Å². The van der Waals surface area contributed by atoms with Gasteiger partial charge in [-0.3, -0.25) is 4.79 Å². The highest BCUT2D eigenvalue weighted by Crippen LogP contribution is 2.17. The third-order valence-electron chi connectivity index (χ3n) is 2.77. The Kier molecular flexibility index (Phi) is 5.59. The van der Waals surface area contributed by atoms with Crippen molar-refractivity contribution in [2.75, 3.05) is 6.54 Å². The number of carbonyl (C=O) groups is 1. The van der Waals surface area contributed by atoms with Gasteiger partial charge in [0, 0.05) is 17.4 Å². The van der Waals surface area contributed by atoms with Crippen LogP contribution in [-0.2, 0) is 11.2 Å². The molecule has 0 saturated heterocycles. The summed E-state index contributed by atoms with van der Waals surface area (Å²) in [5, 5.41) is 0.342. The summed E-state index contributed by atoms with van der Waals surface area (Å²) < 4.78 is 13.5. The second-order valence-corrected chi connectivity index (χ2v) is 4.65. The summed E-state index contributed by atoms with van der Waals surface area (Å²) in [4.78, 5) is 11.8. The van der Waals surface area contributed by atoms with Crippen LogP contribution in [-0.4, -0.2) is 12.3 Å². The van der Waals surface area contributed by atoms with Gasteiger partial charge >= 0.3 is 0 Å². The zero-order valence-electron chi connectivity index (χ0n) is 9.88. The average Bonchev–Trinajstić information content (AvgIpc) is 2.29. The van der Waals surface area contributed by atoms with Crippen molar-refractivity contribution >= 4 is 17.4 Å². The molecule has 0 radical (unpaired) electrons. The fourth-order valence-corrected chi connectivity index (χ4v) is 1.77. The van der Waals surface area contributed by atoms with Crippen molar-refractivity contribution in [1.82, 2.24) is 0 Å². The molecule has 2 N–H and O–H groups in total. The normalized spacial score (nSPS) is 12.5. The van der Waals surface area contributed by atoms with Crippen LogP contribution < -0.4 is 5.73 Å². The fourth-order valence-electron chi connectivity index (χ4n) is 1.61. The third-order valence-corrected chi connectivity index (χ3v) is 3.01. The van der Waals surface area contributed by atoms with Crippen LogP contribution in [0, 0.1) is 11.7 Å². The van der Waals surface area contributed by atoms with Gasteiger partial charge in [0.2, 0.25) is 0 Å². The van der Waals surface area contributed by atoms with Crippen LogP contribution in [0.4, 0.5) is 4.39 Å². The van der Waals surface area contributed by atoms with Crippen LogP contribution in [0.1, 0.15) is 25.3 Å². The number of nitrogens with two attached hydrogens (primary N) is 1. The van der Waals surface area contributed by atoms with Crippen LogP contribution in [0.25, 0.3) is 0 Å². The predicted molar refractivity (Wildman–Crippen MR) is 67.6 cm³/mol. The third kappa shape index (κ3) is 4.44. The van der Waals surface area contributed by atoms with E-state index in [1.54, 1.807) is 12.1 Å². The maximum Gasteiger partial charge on any atom is 0.140 e. The molecule has 0 bridgehead atoms. The molecule has 4 heteroatoms. The van der Waals surface area contributed by atoms with E-state index in [0.717, 1.165) is 12.8 Å². The van der Waals surface area contributed by atoms with Gasteiger partial charge < -0.3 is 5.73 Å². The van der Waals surface area contributed by atoms with Crippen molar-refractivity contribution < 1.29 is 9.18 Å². The van der Waals surface area contributed by atoms with Gasteiger partial charge in [0.15, 0.2) is 0 Å². The molecular formula is C13H17ClFNO. The Morgan fingerprint density at radius 2 is 2.24 bits per heavy atom. The van der Waals surface area contributed by atoms with Gasteiger partial charge in [-0.25, -0.2) is 4.39 Å². The van der Waals surface area contributed by atoms with E-state index in [1.807, 2.05) is 6.92 Å². The summed E-state index contributed by atoms with van der Waals surface area (Å²) in [5.74, 6) is -0.454. The number of ketones is 1. The molecule has 0 aromatic heterocycles. The van der Waals surface area contributed by atoms with E-state index >= 15 is 0 Å².